The minimum atomic E-state index is 0.163. The molecule has 0 aromatic carbocycles. The molecule has 17 heavy (non-hydrogen) atoms. The van der Waals surface area contributed by atoms with Crippen molar-refractivity contribution < 1.29 is 4.79 Å². The van der Waals surface area contributed by atoms with Crippen LogP contribution >= 0.6 is 11.3 Å². The molecule has 0 aliphatic rings. The van der Waals surface area contributed by atoms with E-state index in [2.05, 4.69) is 25.2 Å². The Balaban J connectivity index is 2.51. The van der Waals surface area contributed by atoms with Gasteiger partial charge in [0.15, 0.2) is 0 Å². The first-order chi connectivity index (χ1) is 8.06. The van der Waals surface area contributed by atoms with Gasteiger partial charge >= 0.3 is 0 Å². The second kappa shape index (κ2) is 6.77. The molecule has 1 aromatic heterocycles. The highest BCUT2D eigenvalue weighted by Crippen LogP contribution is 2.23. The number of carbonyl (C=O) groups is 1. The number of hydrogen-bond acceptors (Lipinski definition) is 3. The second-order valence-electron chi connectivity index (χ2n) is 4.36. The number of thiophene rings is 1. The van der Waals surface area contributed by atoms with E-state index in [1.807, 2.05) is 30.3 Å². The van der Waals surface area contributed by atoms with Crippen molar-refractivity contribution in [1.29, 1.82) is 0 Å². The molecule has 0 aliphatic heterocycles. The van der Waals surface area contributed by atoms with E-state index in [-0.39, 0.29) is 18.0 Å². The summed E-state index contributed by atoms with van der Waals surface area (Å²) in [6.07, 6.45) is 0.556. The number of rotatable bonds is 6. The quantitative estimate of drug-likeness (QED) is 0.846. The van der Waals surface area contributed by atoms with Gasteiger partial charge in [-0.2, -0.15) is 0 Å². The Hall–Kier alpha value is -0.870. The second-order valence-corrected chi connectivity index (χ2v) is 5.34. The maximum atomic E-state index is 12.1. The lowest BCUT2D eigenvalue weighted by Gasteiger charge is -2.25. The summed E-state index contributed by atoms with van der Waals surface area (Å²) in [5, 5.41) is 5.31. The summed E-state index contributed by atoms with van der Waals surface area (Å²) >= 11 is 1.70. The Morgan fingerprint density at radius 2 is 2.24 bits per heavy atom. The van der Waals surface area contributed by atoms with Gasteiger partial charge in [-0.1, -0.05) is 13.0 Å². The number of hydrogen-bond donors (Lipinski definition) is 1. The van der Waals surface area contributed by atoms with Crippen LogP contribution in [-0.4, -0.2) is 30.4 Å². The third kappa shape index (κ3) is 4.13. The average molecular weight is 254 g/mol. The van der Waals surface area contributed by atoms with Gasteiger partial charge in [-0.05, 0) is 31.8 Å². The smallest absolute Gasteiger partial charge is 0.224 e. The number of nitrogens with one attached hydrogen (secondary N) is 1. The summed E-state index contributed by atoms with van der Waals surface area (Å²) in [6.45, 7) is 7.07. The maximum absolute atomic E-state index is 12.1. The lowest BCUT2D eigenvalue weighted by molar-refractivity contribution is -0.132. The Labute approximate surface area is 108 Å². The van der Waals surface area contributed by atoms with Crippen LogP contribution in [0.2, 0.25) is 0 Å². The highest BCUT2D eigenvalue weighted by Gasteiger charge is 2.19. The van der Waals surface area contributed by atoms with Crippen LogP contribution in [0.5, 0.6) is 0 Å². The van der Waals surface area contributed by atoms with E-state index in [4.69, 9.17) is 0 Å². The zero-order valence-corrected chi connectivity index (χ0v) is 11.9. The van der Waals surface area contributed by atoms with Gasteiger partial charge in [0.2, 0.25) is 5.91 Å². The van der Waals surface area contributed by atoms with Gasteiger partial charge in [-0.15, -0.1) is 11.3 Å². The topological polar surface area (TPSA) is 32.3 Å². The lowest BCUT2D eigenvalue weighted by atomic mass is 10.2. The van der Waals surface area contributed by atoms with Crippen molar-refractivity contribution in [3.8, 4) is 0 Å². The Kier molecular flexibility index (Phi) is 5.65. The van der Waals surface area contributed by atoms with Crippen molar-refractivity contribution >= 4 is 17.2 Å². The average Bonchev–Trinajstić information content (AvgIpc) is 2.80. The first kappa shape index (κ1) is 14.2. The van der Waals surface area contributed by atoms with Crippen molar-refractivity contribution in [1.82, 2.24) is 10.2 Å². The van der Waals surface area contributed by atoms with Gasteiger partial charge in [-0.25, -0.2) is 0 Å². The van der Waals surface area contributed by atoms with E-state index < -0.39 is 0 Å². The third-order valence-electron chi connectivity index (χ3n) is 2.96. The predicted molar refractivity (Wildman–Crippen MR) is 73.3 cm³/mol. The summed E-state index contributed by atoms with van der Waals surface area (Å²) in [5.41, 5.74) is 0. The molecule has 96 valence electrons. The Morgan fingerprint density at radius 1 is 1.53 bits per heavy atom. The molecule has 4 heteroatoms. The van der Waals surface area contributed by atoms with E-state index in [0.717, 1.165) is 6.54 Å². The van der Waals surface area contributed by atoms with Crippen LogP contribution in [-0.2, 0) is 4.79 Å². The molecule has 3 nitrogen and oxygen atoms in total. The summed E-state index contributed by atoms with van der Waals surface area (Å²) in [6, 6.07) is 4.50. The van der Waals surface area contributed by atoms with Crippen LogP contribution in [0.4, 0.5) is 0 Å². The minimum Gasteiger partial charge on any atom is -0.338 e. The molecule has 2 unspecified atom stereocenters. The van der Waals surface area contributed by atoms with Gasteiger partial charge < -0.3 is 10.2 Å². The molecule has 1 aromatic rings. The fourth-order valence-electron chi connectivity index (χ4n) is 1.76. The monoisotopic (exact) mass is 254 g/mol. The lowest BCUT2D eigenvalue weighted by Crippen LogP contribution is -2.35. The van der Waals surface area contributed by atoms with Crippen molar-refractivity contribution in [2.45, 2.75) is 39.3 Å². The van der Waals surface area contributed by atoms with E-state index in [1.165, 1.54) is 4.88 Å². The van der Waals surface area contributed by atoms with E-state index in [9.17, 15) is 4.79 Å². The third-order valence-corrected chi connectivity index (χ3v) is 4.01. The zero-order valence-electron chi connectivity index (χ0n) is 11.1. The molecule has 1 rings (SSSR count). The molecule has 1 heterocycles. The maximum Gasteiger partial charge on any atom is 0.224 e. The molecule has 0 fully saturated rings. The SMILES string of the molecule is CCNC(C)CC(=O)N(C)C(C)c1cccs1. The fourth-order valence-corrected chi connectivity index (χ4v) is 2.59. The summed E-state index contributed by atoms with van der Waals surface area (Å²) in [4.78, 5) is 15.1. The van der Waals surface area contributed by atoms with Gasteiger partial charge in [-0.3, -0.25) is 4.79 Å². The molecule has 0 spiro atoms. The summed E-state index contributed by atoms with van der Waals surface area (Å²) < 4.78 is 0. The first-order valence-corrected chi connectivity index (χ1v) is 6.96. The molecule has 0 aliphatic carbocycles. The van der Waals surface area contributed by atoms with E-state index in [1.54, 1.807) is 11.3 Å². The van der Waals surface area contributed by atoms with Gasteiger partial charge in [0.25, 0.3) is 0 Å². The van der Waals surface area contributed by atoms with Crippen molar-refractivity contribution in [2.24, 2.45) is 0 Å². The van der Waals surface area contributed by atoms with Crippen LogP contribution in [0, 0.1) is 0 Å². The van der Waals surface area contributed by atoms with Gasteiger partial charge in [0.05, 0.1) is 6.04 Å². The molecule has 0 radical (unpaired) electrons. The van der Waals surface area contributed by atoms with Gasteiger partial charge in [0, 0.05) is 24.4 Å². The fraction of sp³-hybridized carbons (Fsp3) is 0.615. The molecule has 0 saturated carbocycles. The van der Waals surface area contributed by atoms with E-state index in [0.29, 0.717) is 6.42 Å². The molecular formula is C13H22N2OS. The van der Waals surface area contributed by atoms with Crippen LogP contribution in [0.3, 0.4) is 0 Å². The minimum absolute atomic E-state index is 0.163. The number of carbonyl (C=O) groups excluding carboxylic acids is 1. The van der Waals surface area contributed by atoms with Crippen molar-refractivity contribution in [3.05, 3.63) is 22.4 Å². The normalized spacial score (nSPS) is 14.4. The summed E-state index contributed by atoms with van der Waals surface area (Å²) in [5.74, 6) is 0.194. The van der Waals surface area contributed by atoms with Crippen LogP contribution in [0.15, 0.2) is 17.5 Å². The van der Waals surface area contributed by atoms with Gasteiger partial charge in [0.1, 0.15) is 0 Å². The van der Waals surface area contributed by atoms with Crippen LogP contribution in [0.1, 0.15) is 38.1 Å². The molecular weight excluding hydrogens is 232 g/mol. The summed E-state index contributed by atoms with van der Waals surface area (Å²) in [7, 11) is 1.88. The Bertz CT molecular complexity index is 337. The standard InChI is InChI=1S/C13H22N2OS/c1-5-14-10(2)9-13(16)15(4)11(3)12-7-6-8-17-12/h6-8,10-11,14H,5,9H2,1-4H3. The molecule has 0 bridgehead atoms. The predicted octanol–water partition coefficient (Wildman–Crippen LogP) is 2.66. The van der Waals surface area contributed by atoms with E-state index >= 15 is 0 Å². The Morgan fingerprint density at radius 3 is 2.76 bits per heavy atom. The first-order valence-electron chi connectivity index (χ1n) is 6.08. The molecule has 1 amide bonds. The highest BCUT2D eigenvalue weighted by atomic mass is 32.1. The van der Waals surface area contributed by atoms with Crippen molar-refractivity contribution in [3.63, 3.8) is 0 Å². The highest BCUT2D eigenvalue weighted by molar-refractivity contribution is 7.10. The largest absolute Gasteiger partial charge is 0.338 e. The number of amides is 1. The van der Waals surface area contributed by atoms with Crippen molar-refractivity contribution in [2.75, 3.05) is 13.6 Å². The number of nitrogens with zero attached hydrogens (tertiary/aromatic N) is 1. The van der Waals surface area contributed by atoms with Crippen LogP contribution in [0.25, 0.3) is 0 Å². The zero-order chi connectivity index (χ0) is 12.8. The molecule has 1 N–H and O–H groups in total. The molecule has 2 atom stereocenters. The molecule has 0 saturated heterocycles. The van der Waals surface area contributed by atoms with Crippen LogP contribution < -0.4 is 5.32 Å².